The summed E-state index contributed by atoms with van der Waals surface area (Å²) in [6.45, 7) is 1.63. The molecule has 0 aliphatic carbocycles. The zero-order valence-electron chi connectivity index (χ0n) is 15.5. The lowest BCUT2D eigenvalue weighted by molar-refractivity contribution is 0.276. The van der Waals surface area contributed by atoms with Crippen LogP contribution in [0.3, 0.4) is 0 Å². The smallest absolute Gasteiger partial charge is 0.225 e. The molecule has 0 saturated heterocycles. The number of nitrogens with zero attached hydrogens (tertiary/aromatic N) is 4. The largest absolute Gasteiger partial charge is 0.477 e. The minimum atomic E-state index is 0. The Bertz CT molecular complexity index is 1030. The van der Waals surface area contributed by atoms with Gasteiger partial charge in [0.05, 0.1) is 23.7 Å². The molecular weight excluding hydrogens is 360 g/mol. The fraction of sp³-hybridized carbons (Fsp3) is 0.238. The normalized spacial score (nSPS) is 11.1. The lowest BCUT2D eigenvalue weighted by atomic mass is 10.1. The Morgan fingerprint density at radius 3 is 2.52 bits per heavy atom. The molecule has 0 saturated carbocycles. The Morgan fingerprint density at radius 1 is 1.00 bits per heavy atom. The molecule has 0 amide bonds. The van der Waals surface area contributed by atoms with E-state index >= 15 is 0 Å². The molecule has 0 aliphatic rings. The van der Waals surface area contributed by atoms with Gasteiger partial charge in [0.25, 0.3) is 0 Å². The third kappa shape index (κ3) is 3.89. The first kappa shape index (κ1) is 19.1. The Morgan fingerprint density at radius 2 is 1.74 bits per heavy atom. The minimum absolute atomic E-state index is 0. The molecule has 0 atom stereocenters. The molecule has 4 aromatic rings. The van der Waals surface area contributed by atoms with Crippen molar-refractivity contribution in [3.8, 4) is 17.0 Å². The van der Waals surface area contributed by atoms with Crippen molar-refractivity contribution >= 4 is 29.0 Å². The van der Waals surface area contributed by atoms with Crippen molar-refractivity contribution < 1.29 is 4.74 Å². The van der Waals surface area contributed by atoms with Gasteiger partial charge in [-0.2, -0.15) is 10.1 Å². The first-order valence-electron chi connectivity index (χ1n) is 8.83. The van der Waals surface area contributed by atoms with Crippen molar-refractivity contribution in [1.29, 1.82) is 0 Å². The van der Waals surface area contributed by atoms with Crippen molar-refractivity contribution in [2.24, 2.45) is 0 Å². The van der Waals surface area contributed by atoms with Gasteiger partial charge in [-0.1, -0.05) is 42.5 Å². The van der Waals surface area contributed by atoms with Crippen LogP contribution >= 0.6 is 12.4 Å². The highest BCUT2D eigenvalue weighted by Crippen LogP contribution is 2.30. The monoisotopic (exact) mass is 382 g/mol. The first-order chi connectivity index (χ1) is 12.7. The van der Waals surface area contributed by atoms with E-state index in [0.717, 1.165) is 40.6 Å². The van der Waals surface area contributed by atoms with Crippen LogP contribution in [0.1, 0.15) is 6.42 Å². The third-order valence-corrected chi connectivity index (χ3v) is 4.39. The zero-order valence-corrected chi connectivity index (χ0v) is 16.3. The van der Waals surface area contributed by atoms with Gasteiger partial charge in [-0.05, 0) is 38.2 Å². The van der Waals surface area contributed by atoms with E-state index in [9.17, 15) is 0 Å². The summed E-state index contributed by atoms with van der Waals surface area (Å²) in [5.74, 6) is 0.671. The Hall–Kier alpha value is -2.63. The maximum atomic E-state index is 6.06. The average Bonchev–Trinajstić information content (AvgIpc) is 3.10. The van der Waals surface area contributed by atoms with Crippen LogP contribution in [0.2, 0.25) is 0 Å². The summed E-state index contributed by atoms with van der Waals surface area (Å²) in [6, 6.07) is 18.3. The summed E-state index contributed by atoms with van der Waals surface area (Å²) in [6.07, 6.45) is 2.83. The number of rotatable bonds is 6. The van der Waals surface area contributed by atoms with E-state index in [-0.39, 0.29) is 12.4 Å². The van der Waals surface area contributed by atoms with Crippen molar-refractivity contribution in [2.45, 2.75) is 6.42 Å². The number of halogens is 1. The lowest BCUT2D eigenvalue weighted by Gasteiger charge is -2.12. The Balaban J connectivity index is 0.00000210. The molecule has 0 N–H and O–H groups in total. The highest BCUT2D eigenvalue weighted by atomic mass is 35.5. The number of hydrogen-bond donors (Lipinski definition) is 0. The van der Waals surface area contributed by atoms with Crippen molar-refractivity contribution in [3.05, 3.63) is 60.8 Å². The molecule has 5 nitrogen and oxygen atoms in total. The molecule has 6 heteroatoms. The number of aromatic nitrogens is 3. The van der Waals surface area contributed by atoms with Crippen LogP contribution in [0.5, 0.6) is 5.88 Å². The van der Waals surface area contributed by atoms with Crippen LogP contribution in [0, 0.1) is 0 Å². The SMILES string of the molecule is CN(C)CCCOc1nc2c(-c3ccccc3)cnn2c2ccccc12.Cl. The number of benzene rings is 2. The molecule has 140 valence electrons. The number of fused-ring (bicyclic) bond motifs is 3. The van der Waals surface area contributed by atoms with Gasteiger partial charge in [0.15, 0.2) is 5.65 Å². The second-order valence-electron chi connectivity index (χ2n) is 6.60. The van der Waals surface area contributed by atoms with Gasteiger partial charge in [-0.15, -0.1) is 12.4 Å². The second-order valence-corrected chi connectivity index (χ2v) is 6.60. The van der Waals surface area contributed by atoms with Crippen molar-refractivity contribution in [3.63, 3.8) is 0 Å². The quantitative estimate of drug-likeness (QED) is 0.466. The highest BCUT2D eigenvalue weighted by Gasteiger charge is 2.14. The third-order valence-electron chi connectivity index (χ3n) is 4.39. The van der Waals surface area contributed by atoms with Crippen molar-refractivity contribution in [1.82, 2.24) is 19.5 Å². The fourth-order valence-corrected chi connectivity index (χ4v) is 3.10. The number of ether oxygens (including phenoxy) is 1. The van der Waals surface area contributed by atoms with Crippen LogP contribution in [-0.2, 0) is 0 Å². The van der Waals surface area contributed by atoms with Gasteiger partial charge in [0.1, 0.15) is 0 Å². The topological polar surface area (TPSA) is 42.7 Å². The van der Waals surface area contributed by atoms with Crippen LogP contribution in [0.4, 0.5) is 0 Å². The molecule has 0 aliphatic heterocycles. The first-order valence-corrected chi connectivity index (χ1v) is 8.83. The summed E-state index contributed by atoms with van der Waals surface area (Å²) in [5.41, 5.74) is 3.93. The molecule has 4 rings (SSSR count). The molecule has 27 heavy (non-hydrogen) atoms. The molecule has 2 heterocycles. The summed E-state index contributed by atoms with van der Waals surface area (Å²) < 4.78 is 7.95. The summed E-state index contributed by atoms with van der Waals surface area (Å²) in [4.78, 5) is 6.98. The number of hydrogen-bond acceptors (Lipinski definition) is 4. The van der Waals surface area contributed by atoms with Crippen LogP contribution in [0.15, 0.2) is 60.8 Å². The van der Waals surface area contributed by atoms with Gasteiger partial charge in [0.2, 0.25) is 5.88 Å². The molecule has 2 aromatic carbocycles. The molecule has 0 spiro atoms. The van der Waals surface area contributed by atoms with E-state index in [1.165, 1.54) is 0 Å². The summed E-state index contributed by atoms with van der Waals surface area (Å²) in [7, 11) is 4.14. The number of para-hydroxylation sites is 1. The van der Waals surface area contributed by atoms with E-state index in [1.54, 1.807) is 0 Å². The minimum Gasteiger partial charge on any atom is -0.477 e. The highest BCUT2D eigenvalue weighted by molar-refractivity contribution is 5.89. The van der Waals surface area contributed by atoms with E-state index in [2.05, 4.69) is 42.3 Å². The molecular formula is C21H23ClN4O. The maximum absolute atomic E-state index is 6.06. The molecule has 0 fully saturated rings. The predicted octanol–water partition coefficient (Wildman–Crippen LogP) is 4.30. The van der Waals surface area contributed by atoms with Gasteiger partial charge >= 0.3 is 0 Å². The maximum Gasteiger partial charge on any atom is 0.225 e. The Labute approximate surface area is 165 Å². The predicted molar refractivity (Wildman–Crippen MR) is 112 cm³/mol. The van der Waals surface area contributed by atoms with E-state index in [1.807, 2.05) is 47.1 Å². The van der Waals surface area contributed by atoms with Gasteiger partial charge in [-0.25, -0.2) is 4.52 Å². The average molecular weight is 383 g/mol. The molecule has 0 radical (unpaired) electrons. The lowest BCUT2D eigenvalue weighted by Crippen LogP contribution is -2.15. The van der Waals surface area contributed by atoms with Gasteiger partial charge in [0, 0.05) is 12.1 Å². The van der Waals surface area contributed by atoms with E-state index in [0.29, 0.717) is 12.5 Å². The van der Waals surface area contributed by atoms with Crippen LogP contribution < -0.4 is 4.74 Å². The Kier molecular flexibility index (Phi) is 5.94. The zero-order chi connectivity index (χ0) is 17.9. The molecule has 2 aromatic heterocycles. The van der Waals surface area contributed by atoms with Crippen LogP contribution in [-0.4, -0.2) is 46.7 Å². The van der Waals surface area contributed by atoms with Crippen LogP contribution in [0.25, 0.3) is 27.7 Å². The standard InChI is InChI=1S/C21H22N4O.ClH/c1-24(2)13-8-14-26-21-17-11-6-7-12-19(17)25-20(23-21)18(15-22-25)16-9-4-3-5-10-16;/h3-7,9-12,15H,8,13-14H2,1-2H3;1H. The summed E-state index contributed by atoms with van der Waals surface area (Å²) in [5, 5.41) is 5.56. The van der Waals surface area contributed by atoms with E-state index in [4.69, 9.17) is 9.72 Å². The van der Waals surface area contributed by atoms with Gasteiger partial charge in [-0.3, -0.25) is 0 Å². The second kappa shape index (κ2) is 8.37. The summed E-state index contributed by atoms with van der Waals surface area (Å²) >= 11 is 0. The van der Waals surface area contributed by atoms with E-state index < -0.39 is 0 Å². The van der Waals surface area contributed by atoms with Gasteiger partial charge < -0.3 is 9.64 Å². The van der Waals surface area contributed by atoms with Crippen molar-refractivity contribution in [2.75, 3.05) is 27.2 Å². The molecule has 0 unspecified atom stereocenters. The molecule has 0 bridgehead atoms. The fourth-order valence-electron chi connectivity index (χ4n) is 3.10.